The van der Waals surface area contributed by atoms with Gasteiger partial charge in [0.2, 0.25) is 5.91 Å². The Labute approximate surface area is 166 Å². The Morgan fingerprint density at radius 3 is 2.39 bits per heavy atom. The van der Waals surface area contributed by atoms with Crippen LogP contribution in [-0.2, 0) is 16.0 Å². The van der Waals surface area contributed by atoms with Crippen LogP contribution in [0.3, 0.4) is 0 Å². The Morgan fingerprint density at radius 2 is 1.71 bits per heavy atom. The van der Waals surface area contributed by atoms with Gasteiger partial charge in [-0.2, -0.15) is 0 Å². The Kier molecular flexibility index (Phi) is 6.18. The first-order chi connectivity index (χ1) is 13.5. The monoisotopic (exact) mass is 396 g/mol. The van der Waals surface area contributed by atoms with Gasteiger partial charge in [-0.05, 0) is 48.0 Å². The lowest BCUT2D eigenvalue weighted by Gasteiger charge is -2.08. The van der Waals surface area contributed by atoms with Gasteiger partial charge in [0.15, 0.2) is 11.6 Å². The fraction of sp³-hybridized carbons (Fsp3) is 0.100. The van der Waals surface area contributed by atoms with Gasteiger partial charge in [-0.25, -0.2) is 4.79 Å². The van der Waals surface area contributed by atoms with Crippen molar-refractivity contribution >= 4 is 40.8 Å². The number of hydrogen-bond acceptors (Lipinski definition) is 6. The van der Waals surface area contributed by atoms with Gasteiger partial charge in [-0.3, -0.25) is 4.79 Å². The van der Waals surface area contributed by atoms with E-state index in [1.807, 2.05) is 0 Å². The number of carbonyl (C=O) groups is 2. The van der Waals surface area contributed by atoms with Crippen LogP contribution in [0.2, 0.25) is 5.02 Å². The number of nitrogens with zero attached hydrogens (tertiary/aromatic N) is 2. The molecule has 0 radical (unpaired) electrons. The molecule has 0 fully saturated rings. The van der Waals surface area contributed by atoms with Crippen molar-refractivity contribution in [2.24, 2.45) is 0 Å². The molecule has 8 heteroatoms. The van der Waals surface area contributed by atoms with Crippen LogP contribution in [0, 0.1) is 0 Å². The second-order valence-corrected chi connectivity index (χ2v) is 6.29. The molecule has 142 valence electrons. The molecule has 0 saturated carbocycles. The first-order valence-electron chi connectivity index (χ1n) is 8.37. The number of aromatic nitrogens is 2. The highest BCUT2D eigenvalue weighted by Crippen LogP contribution is 2.17. The number of hydrogen-bond donors (Lipinski definition) is 2. The Balaban J connectivity index is 1.59. The van der Waals surface area contributed by atoms with Crippen LogP contribution in [0.15, 0.2) is 60.7 Å². The first-order valence-corrected chi connectivity index (χ1v) is 8.75. The molecule has 28 heavy (non-hydrogen) atoms. The molecule has 0 spiro atoms. The largest absolute Gasteiger partial charge is 0.465 e. The van der Waals surface area contributed by atoms with Crippen molar-refractivity contribution in [2.45, 2.75) is 6.42 Å². The number of esters is 1. The number of amides is 1. The fourth-order valence-corrected chi connectivity index (χ4v) is 2.56. The van der Waals surface area contributed by atoms with Gasteiger partial charge in [0, 0.05) is 10.7 Å². The molecule has 3 aromatic rings. The lowest BCUT2D eigenvalue weighted by atomic mass is 10.1. The predicted octanol–water partition coefficient (Wildman–Crippen LogP) is 3.84. The van der Waals surface area contributed by atoms with Crippen molar-refractivity contribution in [3.8, 4) is 0 Å². The molecule has 1 amide bonds. The Hall–Kier alpha value is -3.45. The third-order valence-electron chi connectivity index (χ3n) is 3.77. The number of anilines is 3. The van der Waals surface area contributed by atoms with E-state index in [4.69, 9.17) is 16.3 Å². The molecule has 2 aromatic carbocycles. The maximum absolute atomic E-state index is 12.1. The molecule has 0 bridgehead atoms. The van der Waals surface area contributed by atoms with Crippen LogP contribution in [0.4, 0.5) is 17.3 Å². The van der Waals surface area contributed by atoms with Crippen LogP contribution in [0.1, 0.15) is 15.9 Å². The van der Waals surface area contributed by atoms with Crippen molar-refractivity contribution in [1.82, 2.24) is 10.2 Å². The van der Waals surface area contributed by atoms with E-state index in [-0.39, 0.29) is 12.3 Å². The molecule has 0 saturated heterocycles. The molecule has 0 aliphatic rings. The van der Waals surface area contributed by atoms with E-state index in [0.29, 0.717) is 27.9 Å². The summed E-state index contributed by atoms with van der Waals surface area (Å²) in [5, 5.41) is 14.4. The highest BCUT2D eigenvalue weighted by Gasteiger charge is 2.08. The second kappa shape index (κ2) is 8.96. The Morgan fingerprint density at radius 1 is 1.00 bits per heavy atom. The summed E-state index contributed by atoms with van der Waals surface area (Å²) < 4.78 is 4.70. The number of nitrogens with one attached hydrogen (secondary N) is 2. The van der Waals surface area contributed by atoms with Crippen molar-refractivity contribution in [3.63, 3.8) is 0 Å². The molecule has 1 heterocycles. The van der Waals surface area contributed by atoms with E-state index >= 15 is 0 Å². The van der Waals surface area contributed by atoms with Gasteiger partial charge >= 0.3 is 5.97 Å². The topological polar surface area (TPSA) is 93.2 Å². The Bertz CT molecular complexity index is 976. The van der Waals surface area contributed by atoms with Gasteiger partial charge in [-0.15, -0.1) is 10.2 Å². The van der Waals surface area contributed by atoms with Crippen LogP contribution in [-0.4, -0.2) is 29.2 Å². The predicted molar refractivity (Wildman–Crippen MR) is 107 cm³/mol. The maximum Gasteiger partial charge on any atom is 0.337 e. The molecule has 3 rings (SSSR count). The van der Waals surface area contributed by atoms with Crippen LogP contribution in [0.25, 0.3) is 0 Å². The van der Waals surface area contributed by atoms with E-state index in [0.717, 1.165) is 5.56 Å². The number of methoxy groups -OCH3 is 1. The lowest BCUT2D eigenvalue weighted by Crippen LogP contribution is -2.15. The molecule has 0 atom stereocenters. The van der Waals surface area contributed by atoms with Crippen molar-refractivity contribution in [1.29, 1.82) is 0 Å². The zero-order valence-electron chi connectivity index (χ0n) is 15.0. The molecule has 7 nitrogen and oxygen atoms in total. The maximum atomic E-state index is 12.1. The normalized spacial score (nSPS) is 10.2. The van der Waals surface area contributed by atoms with E-state index in [2.05, 4.69) is 20.8 Å². The second-order valence-electron chi connectivity index (χ2n) is 5.85. The summed E-state index contributed by atoms with van der Waals surface area (Å²) in [4.78, 5) is 23.7. The highest BCUT2D eigenvalue weighted by molar-refractivity contribution is 6.30. The van der Waals surface area contributed by atoms with Crippen molar-refractivity contribution in [2.75, 3.05) is 17.7 Å². The summed E-state index contributed by atoms with van der Waals surface area (Å²) in [6.07, 6.45) is 0.208. The zero-order valence-corrected chi connectivity index (χ0v) is 15.7. The molecule has 1 aromatic heterocycles. The minimum atomic E-state index is -0.423. The van der Waals surface area contributed by atoms with Gasteiger partial charge in [0.25, 0.3) is 0 Å². The summed E-state index contributed by atoms with van der Waals surface area (Å²) in [6, 6.07) is 17.2. The van der Waals surface area contributed by atoms with Crippen LogP contribution in [0.5, 0.6) is 0 Å². The summed E-state index contributed by atoms with van der Waals surface area (Å²) in [7, 11) is 1.33. The first kappa shape index (κ1) is 19.3. The van der Waals surface area contributed by atoms with Crippen LogP contribution < -0.4 is 10.6 Å². The fourth-order valence-electron chi connectivity index (χ4n) is 2.43. The average Bonchev–Trinajstić information content (AvgIpc) is 2.71. The summed E-state index contributed by atoms with van der Waals surface area (Å²) in [6.45, 7) is 0. The number of carbonyl (C=O) groups excluding carboxylic acids is 2. The summed E-state index contributed by atoms with van der Waals surface area (Å²) in [5.74, 6) is 0.183. The van der Waals surface area contributed by atoms with Crippen molar-refractivity contribution in [3.05, 3.63) is 76.8 Å². The quantitative estimate of drug-likeness (QED) is 0.615. The number of halogens is 1. The van der Waals surface area contributed by atoms with Gasteiger partial charge < -0.3 is 15.4 Å². The van der Waals surface area contributed by atoms with Crippen molar-refractivity contribution < 1.29 is 14.3 Å². The smallest absolute Gasteiger partial charge is 0.337 e. The molecular formula is C20H17ClN4O3. The molecule has 0 unspecified atom stereocenters. The van der Waals surface area contributed by atoms with E-state index in [1.54, 1.807) is 60.7 Å². The zero-order chi connectivity index (χ0) is 19.9. The SMILES string of the molecule is COC(=O)c1cccc(Nc2ccc(NC(=O)Cc3ccc(Cl)cc3)nn2)c1. The number of benzene rings is 2. The van der Waals surface area contributed by atoms with Crippen LogP contribution >= 0.6 is 11.6 Å². The standard InChI is InChI=1S/C20H17ClN4O3/c1-28-20(27)14-3-2-4-16(12-14)22-17-9-10-18(25-24-17)23-19(26)11-13-5-7-15(21)8-6-13/h2-10,12H,11H2,1H3,(H,22,24)(H,23,25,26). The molecule has 0 aliphatic heterocycles. The van der Waals surface area contributed by atoms with E-state index < -0.39 is 5.97 Å². The molecule has 0 aliphatic carbocycles. The van der Waals surface area contributed by atoms with Gasteiger partial charge in [0.05, 0.1) is 19.1 Å². The lowest BCUT2D eigenvalue weighted by molar-refractivity contribution is -0.115. The summed E-state index contributed by atoms with van der Waals surface area (Å²) in [5.41, 5.74) is 1.93. The number of ether oxygens (including phenoxy) is 1. The highest BCUT2D eigenvalue weighted by atomic mass is 35.5. The third-order valence-corrected chi connectivity index (χ3v) is 4.02. The minimum Gasteiger partial charge on any atom is -0.465 e. The number of rotatable bonds is 6. The minimum absolute atomic E-state index is 0.205. The van der Waals surface area contributed by atoms with E-state index in [9.17, 15) is 9.59 Å². The molecular weight excluding hydrogens is 380 g/mol. The van der Waals surface area contributed by atoms with E-state index in [1.165, 1.54) is 7.11 Å². The third kappa shape index (κ3) is 5.28. The van der Waals surface area contributed by atoms with Gasteiger partial charge in [0.1, 0.15) is 0 Å². The van der Waals surface area contributed by atoms with Gasteiger partial charge in [-0.1, -0.05) is 29.8 Å². The molecule has 2 N–H and O–H groups in total. The summed E-state index contributed by atoms with van der Waals surface area (Å²) >= 11 is 5.83. The average molecular weight is 397 g/mol.